The topological polar surface area (TPSA) is 110 Å². The van der Waals surface area contributed by atoms with Crippen LogP contribution in [0.1, 0.15) is 26.4 Å². The number of rotatable bonds is 5. The van der Waals surface area contributed by atoms with Crippen LogP contribution in [0.3, 0.4) is 0 Å². The number of carbonyl (C=O) groups is 2. The molecule has 0 spiro atoms. The largest absolute Gasteiger partial charge is 0.457 e. The standard InChI is InChI=1S/C23H20N6O3/c1-24-22(31)19-11-16(7-8-25-19)32-15-5-6-20-18(10-15)28-23(29(20)2)27-14-4-3-13-12-26-21(30)17(13)9-14/h3-11H,12H2,1-2H3,(H,24,31)(H,26,30)(H,27,28). The molecule has 9 nitrogen and oxygen atoms in total. The number of benzene rings is 2. The van der Waals surface area contributed by atoms with Crippen LogP contribution in [-0.2, 0) is 13.6 Å². The van der Waals surface area contributed by atoms with E-state index in [-0.39, 0.29) is 17.5 Å². The van der Waals surface area contributed by atoms with E-state index in [0.717, 1.165) is 22.3 Å². The number of hydrogen-bond acceptors (Lipinski definition) is 6. The molecule has 0 bridgehead atoms. The predicted molar refractivity (Wildman–Crippen MR) is 119 cm³/mol. The maximum atomic E-state index is 11.9. The summed E-state index contributed by atoms with van der Waals surface area (Å²) in [6.45, 7) is 0.561. The predicted octanol–water partition coefficient (Wildman–Crippen LogP) is 3.11. The van der Waals surface area contributed by atoms with Gasteiger partial charge in [-0.15, -0.1) is 0 Å². The van der Waals surface area contributed by atoms with Crippen molar-refractivity contribution in [3.05, 3.63) is 71.5 Å². The number of amides is 2. The van der Waals surface area contributed by atoms with E-state index >= 15 is 0 Å². The molecule has 9 heteroatoms. The first-order valence-electron chi connectivity index (χ1n) is 10.0. The van der Waals surface area contributed by atoms with Gasteiger partial charge in [-0.05, 0) is 35.9 Å². The summed E-state index contributed by atoms with van der Waals surface area (Å²) in [5.74, 6) is 1.39. The summed E-state index contributed by atoms with van der Waals surface area (Å²) >= 11 is 0. The normalized spacial score (nSPS) is 12.4. The van der Waals surface area contributed by atoms with Gasteiger partial charge in [0.25, 0.3) is 11.8 Å². The molecule has 2 amide bonds. The molecule has 5 rings (SSSR count). The molecule has 0 fully saturated rings. The minimum absolute atomic E-state index is 0.0638. The number of fused-ring (bicyclic) bond motifs is 2. The Morgan fingerprint density at radius 3 is 2.81 bits per heavy atom. The molecule has 1 aliphatic rings. The summed E-state index contributed by atoms with van der Waals surface area (Å²) in [5.41, 5.74) is 4.39. The highest BCUT2D eigenvalue weighted by atomic mass is 16.5. The molecule has 0 atom stereocenters. The molecule has 0 aliphatic carbocycles. The van der Waals surface area contributed by atoms with E-state index in [0.29, 0.717) is 29.6 Å². The minimum atomic E-state index is -0.282. The van der Waals surface area contributed by atoms with Gasteiger partial charge in [0.2, 0.25) is 5.95 Å². The maximum Gasteiger partial charge on any atom is 0.269 e. The third-order valence-electron chi connectivity index (χ3n) is 5.33. The van der Waals surface area contributed by atoms with Crippen molar-refractivity contribution in [2.75, 3.05) is 12.4 Å². The monoisotopic (exact) mass is 428 g/mol. The smallest absolute Gasteiger partial charge is 0.269 e. The van der Waals surface area contributed by atoms with E-state index in [1.54, 1.807) is 19.2 Å². The van der Waals surface area contributed by atoms with Crippen molar-refractivity contribution >= 4 is 34.5 Å². The van der Waals surface area contributed by atoms with Gasteiger partial charge in [0, 0.05) is 50.2 Å². The van der Waals surface area contributed by atoms with Crippen molar-refractivity contribution < 1.29 is 14.3 Å². The molecule has 2 aromatic carbocycles. The van der Waals surface area contributed by atoms with Crippen molar-refractivity contribution in [3.63, 3.8) is 0 Å². The minimum Gasteiger partial charge on any atom is -0.457 e. The zero-order valence-electron chi connectivity index (χ0n) is 17.5. The Balaban J connectivity index is 1.41. The van der Waals surface area contributed by atoms with Crippen molar-refractivity contribution in [1.82, 2.24) is 25.2 Å². The first kappa shape index (κ1) is 19.6. The number of hydrogen-bond donors (Lipinski definition) is 3. The first-order valence-corrected chi connectivity index (χ1v) is 10.0. The Kier molecular flexibility index (Phi) is 4.70. The molecule has 4 aromatic rings. The van der Waals surface area contributed by atoms with Crippen molar-refractivity contribution in [3.8, 4) is 11.5 Å². The van der Waals surface area contributed by atoms with Gasteiger partial charge in [-0.25, -0.2) is 4.98 Å². The second-order valence-electron chi connectivity index (χ2n) is 7.38. The van der Waals surface area contributed by atoms with Gasteiger partial charge < -0.3 is 25.3 Å². The van der Waals surface area contributed by atoms with Crippen LogP contribution in [0, 0.1) is 0 Å². The van der Waals surface area contributed by atoms with Gasteiger partial charge in [0.15, 0.2) is 0 Å². The molecule has 0 radical (unpaired) electrons. The molecular formula is C23H20N6O3. The molecule has 3 N–H and O–H groups in total. The summed E-state index contributed by atoms with van der Waals surface area (Å²) in [5, 5.41) is 8.65. The molecule has 160 valence electrons. The third-order valence-corrected chi connectivity index (χ3v) is 5.33. The van der Waals surface area contributed by atoms with Crippen LogP contribution >= 0.6 is 0 Å². The van der Waals surface area contributed by atoms with E-state index < -0.39 is 0 Å². The summed E-state index contributed by atoms with van der Waals surface area (Å²) in [6.07, 6.45) is 1.53. The Labute approximate surface area is 183 Å². The van der Waals surface area contributed by atoms with Gasteiger partial charge in [-0.3, -0.25) is 14.6 Å². The van der Waals surface area contributed by atoms with Crippen LogP contribution in [0.2, 0.25) is 0 Å². The van der Waals surface area contributed by atoms with Crippen molar-refractivity contribution in [2.24, 2.45) is 7.05 Å². The Hall–Kier alpha value is -4.40. The van der Waals surface area contributed by atoms with Crippen LogP contribution in [0.15, 0.2) is 54.7 Å². The van der Waals surface area contributed by atoms with Gasteiger partial charge in [0.05, 0.1) is 11.0 Å². The summed E-state index contributed by atoms with van der Waals surface area (Å²) in [6, 6.07) is 14.6. The Morgan fingerprint density at radius 1 is 1.12 bits per heavy atom. The highest BCUT2D eigenvalue weighted by Gasteiger charge is 2.19. The molecule has 2 aromatic heterocycles. The van der Waals surface area contributed by atoms with Crippen molar-refractivity contribution in [1.29, 1.82) is 0 Å². The molecule has 1 aliphatic heterocycles. The van der Waals surface area contributed by atoms with Gasteiger partial charge in [-0.1, -0.05) is 6.07 Å². The summed E-state index contributed by atoms with van der Waals surface area (Å²) in [4.78, 5) is 32.5. The lowest BCUT2D eigenvalue weighted by Gasteiger charge is -2.08. The average molecular weight is 428 g/mol. The molecule has 32 heavy (non-hydrogen) atoms. The average Bonchev–Trinajstić information content (AvgIpc) is 3.32. The molecular weight excluding hydrogens is 408 g/mol. The Morgan fingerprint density at radius 2 is 1.97 bits per heavy atom. The van der Waals surface area contributed by atoms with E-state index in [2.05, 4.69) is 25.9 Å². The van der Waals surface area contributed by atoms with Gasteiger partial charge >= 0.3 is 0 Å². The number of ether oxygens (including phenoxy) is 1. The molecule has 0 saturated carbocycles. The van der Waals surface area contributed by atoms with Crippen molar-refractivity contribution in [2.45, 2.75) is 6.54 Å². The fraction of sp³-hybridized carbons (Fsp3) is 0.130. The second kappa shape index (κ2) is 7.69. The highest BCUT2D eigenvalue weighted by molar-refractivity contribution is 5.99. The number of anilines is 2. The summed E-state index contributed by atoms with van der Waals surface area (Å²) < 4.78 is 7.85. The third kappa shape index (κ3) is 3.49. The maximum absolute atomic E-state index is 11.9. The number of aromatic nitrogens is 3. The lowest BCUT2D eigenvalue weighted by molar-refractivity contribution is 0.0953. The number of nitrogens with zero attached hydrogens (tertiary/aromatic N) is 3. The van der Waals surface area contributed by atoms with Crippen LogP contribution in [0.5, 0.6) is 11.5 Å². The fourth-order valence-corrected chi connectivity index (χ4v) is 3.64. The van der Waals surface area contributed by atoms with Crippen LogP contribution in [-0.4, -0.2) is 33.4 Å². The number of carbonyl (C=O) groups excluding carboxylic acids is 2. The lowest BCUT2D eigenvalue weighted by atomic mass is 10.1. The van der Waals surface area contributed by atoms with Crippen LogP contribution in [0.4, 0.5) is 11.6 Å². The number of pyridine rings is 1. The van der Waals surface area contributed by atoms with E-state index in [4.69, 9.17) is 4.74 Å². The fourth-order valence-electron chi connectivity index (χ4n) is 3.64. The quantitative estimate of drug-likeness (QED) is 0.451. The van der Waals surface area contributed by atoms with E-state index in [9.17, 15) is 9.59 Å². The van der Waals surface area contributed by atoms with Crippen LogP contribution < -0.4 is 20.7 Å². The van der Waals surface area contributed by atoms with E-state index in [1.165, 1.54) is 6.20 Å². The summed E-state index contributed by atoms with van der Waals surface area (Å²) in [7, 11) is 3.46. The second-order valence-corrected chi connectivity index (χ2v) is 7.38. The highest BCUT2D eigenvalue weighted by Crippen LogP contribution is 2.29. The Bertz CT molecular complexity index is 1380. The SMILES string of the molecule is CNC(=O)c1cc(Oc2ccc3c(c2)nc(Nc2ccc4c(c2)C(=O)NC4)n3C)ccn1. The van der Waals surface area contributed by atoms with Gasteiger partial charge in [-0.2, -0.15) is 0 Å². The molecule has 0 saturated heterocycles. The molecule has 3 heterocycles. The zero-order valence-corrected chi connectivity index (χ0v) is 17.5. The van der Waals surface area contributed by atoms with E-state index in [1.807, 2.05) is 48.0 Å². The first-order chi connectivity index (χ1) is 15.5. The van der Waals surface area contributed by atoms with Crippen LogP contribution in [0.25, 0.3) is 11.0 Å². The molecule has 0 unspecified atom stereocenters. The lowest BCUT2D eigenvalue weighted by Crippen LogP contribution is -2.18. The number of imidazole rings is 1. The number of nitrogens with one attached hydrogen (secondary N) is 3. The zero-order chi connectivity index (χ0) is 22.2. The van der Waals surface area contributed by atoms with Gasteiger partial charge in [0.1, 0.15) is 17.2 Å². The number of aryl methyl sites for hydroxylation is 1.